The van der Waals surface area contributed by atoms with Crippen LogP contribution in [0.1, 0.15) is 77.3 Å². The standard InChI is InChI=1S/C32H41N5O3/c1-31(2,3)22-12-14-23(15-13-22)39-19-32(4,5)30-35-27-28(33)34-20-37(29(27)36-30)18-21-11-16-25(38-6)26(17-21)40-24-9-7-8-10-24/h11-17,20,24,33H,7-10,18-19H2,1-6H3,(H,35,36). The van der Waals surface area contributed by atoms with Crippen molar-refractivity contribution in [1.29, 1.82) is 5.41 Å². The number of H-pyrrole nitrogens is 1. The monoisotopic (exact) mass is 543 g/mol. The smallest absolute Gasteiger partial charge is 0.173 e. The van der Waals surface area contributed by atoms with Crippen LogP contribution in [-0.4, -0.2) is 39.3 Å². The lowest BCUT2D eigenvalue weighted by Crippen LogP contribution is -2.27. The predicted octanol–water partition coefficient (Wildman–Crippen LogP) is 6.27. The molecule has 212 valence electrons. The summed E-state index contributed by atoms with van der Waals surface area (Å²) in [5.41, 5.74) is 3.45. The number of imidazole rings is 1. The average Bonchev–Trinajstić information content (AvgIpc) is 3.61. The minimum atomic E-state index is -0.422. The van der Waals surface area contributed by atoms with Gasteiger partial charge in [-0.25, -0.2) is 9.97 Å². The first kappa shape index (κ1) is 27.7. The van der Waals surface area contributed by atoms with E-state index < -0.39 is 5.41 Å². The van der Waals surface area contributed by atoms with Crippen molar-refractivity contribution in [1.82, 2.24) is 19.5 Å². The van der Waals surface area contributed by atoms with Crippen molar-refractivity contribution in [3.05, 3.63) is 71.2 Å². The van der Waals surface area contributed by atoms with Gasteiger partial charge in [-0.2, -0.15) is 0 Å². The van der Waals surface area contributed by atoms with Gasteiger partial charge in [-0.15, -0.1) is 0 Å². The zero-order chi connectivity index (χ0) is 28.5. The minimum absolute atomic E-state index is 0.0970. The average molecular weight is 544 g/mol. The number of nitrogens with one attached hydrogen (secondary N) is 2. The molecule has 1 aliphatic carbocycles. The van der Waals surface area contributed by atoms with Crippen molar-refractivity contribution in [2.75, 3.05) is 13.7 Å². The third-order valence-electron chi connectivity index (χ3n) is 7.66. The molecule has 40 heavy (non-hydrogen) atoms. The van der Waals surface area contributed by atoms with Gasteiger partial charge in [0.15, 0.2) is 22.6 Å². The summed E-state index contributed by atoms with van der Waals surface area (Å²) in [4.78, 5) is 12.6. The second-order valence-corrected chi connectivity index (χ2v) is 12.5. The van der Waals surface area contributed by atoms with E-state index in [1.165, 1.54) is 18.4 Å². The van der Waals surface area contributed by atoms with Crippen molar-refractivity contribution < 1.29 is 14.2 Å². The molecule has 2 aromatic carbocycles. The number of fused-ring (bicyclic) bond motifs is 1. The molecule has 1 saturated carbocycles. The highest BCUT2D eigenvalue weighted by Gasteiger charge is 2.27. The van der Waals surface area contributed by atoms with E-state index >= 15 is 0 Å². The molecule has 1 aliphatic rings. The second-order valence-electron chi connectivity index (χ2n) is 12.5. The first-order valence-corrected chi connectivity index (χ1v) is 14.1. The van der Waals surface area contributed by atoms with Gasteiger partial charge in [-0.05, 0) is 80.3 Å². The molecule has 8 nitrogen and oxygen atoms in total. The number of aromatic nitrogens is 4. The lowest BCUT2D eigenvalue weighted by Gasteiger charge is -2.23. The lowest BCUT2D eigenvalue weighted by atomic mass is 9.87. The number of aromatic amines is 1. The fourth-order valence-electron chi connectivity index (χ4n) is 5.10. The third-order valence-corrected chi connectivity index (χ3v) is 7.66. The zero-order valence-electron chi connectivity index (χ0n) is 24.5. The molecule has 2 aromatic heterocycles. The van der Waals surface area contributed by atoms with Crippen molar-refractivity contribution in [3.63, 3.8) is 0 Å². The Labute approximate surface area is 236 Å². The molecular weight excluding hydrogens is 502 g/mol. The molecule has 8 heteroatoms. The number of hydrogen-bond acceptors (Lipinski definition) is 6. The van der Waals surface area contributed by atoms with Crippen LogP contribution in [-0.2, 0) is 17.4 Å². The van der Waals surface area contributed by atoms with Crippen LogP contribution in [0.5, 0.6) is 17.2 Å². The summed E-state index contributed by atoms with van der Waals surface area (Å²) in [5.74, 6) is 3.09. The highest BCUT2D eigenvalue weighted by Crippen LogP contribution is 2.33. The van der Waals surface area contributed by atoms with Crippen LogP contribution in [0.15, 0.2) is 48.8 Å². The molecule has 2 N–H and O–H groups in total. The van der Waals surface area contributed by atoms with Crippen LogP contribution in [0.4, 0.5) is 0 Å². The van der Waals surface area contributed by atoms with Crippen LogP contribution < -0.4 is 19.7 Å². The Kier molecular flexibility index (Phi) is 7.62. The molecule has 0 unspecified atom stereocenters. The summed E-state index contributed by atoms with van der Waals surface area (Å²) in [7, 11) is 1.67. The van der Waals surface area contributed by atoms with E-state index in [1.807, 2.05) is 34.9 Å². The molecule has 5 rings (SSSR count). The maximum Gasteiger partial charge on any atom is 0.173 e. The summed E-state index contributed by atoms with van der Waals surface area (Å²) >= 11 is 0. The van der Waals surface area contributed by atoms with Crippen LogP contribution in [0, 0.1) is 5.41 Å². The van der Waals surface area contributed by atoms with Crippen molar-refractivity contribution >= 4 is 11.2 Å². The highest BCUT2D eigenvalue weighted by molar-refractivity contribution is 5.69. The molecule has 0 amide bonds. The summed E-state index contributed by atoms with van der Waals surface area (Å²) in [6.07, 6.45) is 6.49. The number of hydrogen-bond donors (Lipinski definition) is 2. The maximum atomic E-state index is 8.41. The SMILES string of the molecule is COc1ccc(Cn2cnc(=N)c3[nH]c(C(C)(C)COc4ccc(C(C)(C)C)cc4)nc32)cc1OC1CCCC1. The lowest BCUT2D eigenvalue weighted by molar-refractivity contribution is 0.200. The first-order valence-electron chi connectivity index (χ1n) is 14.1. The molecule has 0 radical (unpaired) electrons. The van der Waals surface area contributed by atoms with Crippen LogP contribution in [0.2, 0.25) is 0 Å². The molecule has 0 atom stereocenters. The summed E-state index contributed by atoms with van der Waals surface area (Å²) in [6.45, 7) is 11.8. The van der Waals surface area contributed by atoms with Gasteiger partial charge in [0, 0.05) is 0 Å². The molecule has 1 fully saturated rings. The fraction of sp³-hybridized carbons (Fsp3) is 0.469. The first-order chi connectivity index (χ1) is 19.0. The van der Waals surface area contributed by atoms with Gasteiger partial charge in [0.05, 0.1) is 31.5 Å². The Balaban J connectivity index is 1.37. The number of benzene rings is 2. The quantitative estimate of drug-likeness (QED) is 0.259. The van der Waals surface area contributed by atoms with E-state index in [2.05, 4.69) is 56.7 Å². The van der Waals surface area contributed by atoms with Crippen molar-refractivity contribution in [3.8, 4) is 17.2 Å². The number of methoxy groups -OCH3 is 1. The Morgan fingerprint density at radius 2 is 1.73 bits per heavy atom. The van der Waals surface area contributed by atoms with E-state index in [4.69, 9.17) is 24.6 Å². The van der Waals surface area contributed by atoms with E-state index in [0.717, 1.165) is 41.5 Å². The van der Waals surface area contributed by atoms with E-state index in [-0.39, 0.29) is 17.0 Å². The van der Waals surface area contributed by atoms with Crippen LogP contribution in [0.25, 0.3) is 11.2 Å². The van der Waals surface area contributed by atoms with Gasteiger partial charge in [0.1, 0.15) is 23.7 Å². The van der Waals surface area contributed by atoms with E-state index in [0.29, 0.717) is 24.3 Å². The molecular formula is C32H41N5O3. The van der Waals surface area contributed by atoms with Gasteiger partial charge >= 0.3 is 0 Å². The zero-order valence-corrected chi connectivity index (χ0v) is 24.5. The van der Waals surface area contributed by atoms with Crippen molar-refractivity contribution in [2.24, 2.45) is 0 Å². The molecule has 2 heterocycles. The van der Waals surface area contributed by atoms with Crippen molar-refractivity contribution in [2.45, 2.75) is 83.8 Å². The van der Waals surface area contributed by atoms with Gasteiger partial charge in [-0.1, -0.05) is 39.0 Å². The predicted molar refractivity (Wildman–Crippen MR) is 156 cm³/mol. The summed E-state index contributed by atoms with van der Waals surface area (Å²) < 4.78 is 20.0. The van der Waals surface area contributed by atoms with Crippen LogP contribution >= 0.6 is 0 Å². The minimum Gasteiger partial charge on any atom is -0.493 e. The third kappa shape index (κ3) is 6.01. The Bertz CT molecular complexity index is 1520. The molecule has 0 bridgehead atoms. The topological polar surface area (TPSA) is 98.0 Å². The Hall–Kier alpha value is -3.81. The maximum absolute atomic E-state index is 8.41. The van der Waals surface area contributed by atoms with E-state index in [1.54, 1.807) is 13.4 Å². The summed E-state index contributed by atoms with van der Waals surface area (Å²) in [5, 5.41) is 8.41. The molecule has 0 aliphatic heterocycles. The second kappa shape index (κ2) is 11.0. The van der Waals surface area contributed by atoms with Gasteiger partial charge in [-0.3, -0.25) is 5.41 Å². The van der Waals surface area contributed by atoms with E-state index in [9.17, 15) is 0 Å². The van der Waals surface area contributed by atoms with Gasteiger partial charge < -0.3 is 23.8 Å². The van der Waals surface area contributed by atoms with Crippen LogP contribution in [0.3, 0.4) is 0 Å². The fourth-order valence-corrected chi connectivity index (χ4v) is 5.10. The number of ether oxygens (including phenoxy) is 3. The number of rotatable bonds is 9. The Morgan fingerprint density at radius 1 is 1.00 bits per heavy atom. The normalized spacial score (nSPS) is 14.6. The Morgan fingerprint density at radius 3 is 2.40 bits per heavy atom. The van der Waals surface area contributed by atoms with Gasteiger partial charge in [0.25, 0.3) is 0 Å². The molecule has 0 saturated heterocycles. The summed E-state index contributed by atoms with van der Waals surface area (Å²) in [6, 6.07) is 14.3. The largest absolute Gasteiger partial charge is 0.493 e. The number of nitrogens with zero attached hydrogens (tertiary/aromatic N) is 3. The highest BCUT2D eigenvalue weighted by atomic mass is 16.5. The molecule has 0 spiro atoms. The van der Waals surface area contributed by atoms with Gasteiger partial charge in [0.2, 0.25) is 0 Å². The molecule has 4 aromatic rings.